The fourth-order valence-corrected chi connectivity index (χ4v) is 6.00. The second-order valence-electron chi connectivity index (χ2n) is 8.82. The lowest BCUT2D eigenvalue weighted by molar-refractivity contribution is -0.113. The third kappa shape index (κ3) is 5.26. The minimum atomic E-state index is -0.202. The van der Waals surface area contributed by atoms with E-state index in [1.807, 2.05) is 0 Å². The van der Waals surface area contributed by atoms with Gasteiger partial charge in [-0.25, -0.2) is 0 Å². The second kappa shape index (κ2) is 9.88. The molecule has 1 atom stereocenters. The monoisotopic (exact) mass is 500 g/mol. The molecule has 0 saturated heterocycles. The molecule has 2 aromatic heterocycles. The standard InChI is InChI=1S/C24H25ClN4O2S2/c1-4-24(2,3)15-7-10-17-18(12-26)22(33-19(17)11-15)27-20(30)13-32-23-29-28-21(31-23)14-5-8-16(25)9-6-14/h5-6,8-9,15H,4,7,10-11,13H2,1-3H3,(H,27,30)/t15-/m0/s1. The lowest BCUT2D eigenvalue weighted by Crippen LogP contribution is -2.28. The zero-order valence-electron chi connectivity index (χ0n) is 18.8. The van der Waals surface area contributed by atoms with Gasteiger partial charge in [-0.1, -0.05) is 50.6 Å². The highest BCUT2D eigenvalue weighted by molar-refractivity contribution is 7.99. The van der Waals surface area contributed by atoms with E-state index in [1.165, 1.54) is 4.88 Å². The van der Waals surface area contributed by atoms with Crippen LogP contribution >= 0.6 is 34.7 Å². The summed E-state index contributed by atoms with van der Waals surface area (Å²) in [5.41, 5.74) is 2.75. The molecular weight excluding hydrogens is 476 g/mol. The van der Waals surface area contributed by atoms with E-state index in [0.29, 0.717) is 32.6 Å². The Balaban J connectivity index is 1.39. The van der Waals surface area contributed by atoms with Crippen molar-refractivity contribution in [2.45, 2.75) is 51.7 Å². The van der Waals surface area contributed by atoms with Crippen molar-refractivity contribution in [3.63, 3.8) is 0 Å². The molecule has 3 aromatic rings. The molecule has 0 radical (unpaired) electrons. The van der Waals surface area contributed by atoms with Crippen LogP contribution in [0.25, 0.3) is 11.5 Å². The summed E-state index contributed by atoms with van der Waals surface area (Å²) >= 11 is 8.62. The van der Waals surface area contributed by atoms with Crippen LogP contribution in [0.4, 0.5) is 5.00 Å². The fourth-order valence-electron chi connectivity index (χ4n) is 4.02. The summed E-state index contributed by atoms with van der Waals surface area (Å²) in [5, 5.41) is 22.3. The number of nitrogens with one attached hydrogen (secondary N) is 1. The van der Waals surface area contributed by atoms with Crippen molar-refractivity contribution < 1.29 is 9.21 Å². The molecule has 0 unspecified atom stereocenters. The summed E-state index contributed by atoms with van der Waals surface area (Å²) < 4.78 is 5.64. The molecule has 1 aromatic carbocycles. The van der Waals surface area contributed by atoms with Gasteiger partial charge < -0.3 is 9.73 Å². The third-order valence-corrected chi connectivity index (χ3v) is 8.71. The van der Waals surface area contributed by atoms with Crippen molar-refractivity contribution in [2.24, 2.45) is 11.3 Å². The number of hydrogen-bond donors (Lipinski definition) is 1. The predicted molar refractivity (Wildman–Crippen MR) is 133 cm³/mol. The molecule has 1 N–H and O–H groups in total. The molecule has 2 heterocycles. The quantitative estimate of drug-likeness (QED) is 0.367. The van der Waals surface area contributed by atoms with Gasteiger partial charge in [-0.05, 0) is 60.4 Å². The van der Waals surface area contributed by atoms with E-state index in [9.17, 15) is 10.1 Å². The Morgan fingerprint density at radius 1 is 1.36 bits per heavy atom. The lowest BCUT2D eigenvalue weighted by Gasteiger charge is -2.36. The highest BCUT2D eigenvalue weighted by Crippen LogP contribution is 2.45. The first kappa shape index (κ1) is 23.8. The van der Waals surface area contributed by atoms with E-state index < -0.39 is 0 Å². The minimum Gasteiger partial charge on any atom is -0.411 e. The Morgan fingerprint density at radius 3 is 2.82 bits per heavy atom. The molecule has 4 rings (SSSR count). The van der Waals surface area contributed by atoms with Crippen LogP contribution in [0.5, 0.6) is 0 Å². The second-order valence-corrected chi connectivity index (χ2v) is 11.3. The van der Waals surface area contributed by atoms with Gasteiger partial charge in [-0.15, -0.1) is 21.5 Å². The molecule has 0 saturated carbocycles. The lowest BCUT2D eigenvalue weighted by atomic mass is 9.69. The maximum Gasteiger partial charge on any atom is 0.277 e. The number of thiophene rings is 1. The summed E-state index contributed by atoms with van der Waals surface area (Å²) in [6, 6.07) is 9.41. The number of carbonyl (C=O) groups excluding carboxylic acids is 1. The Kier molecular flexibility index (Phi) is 7.13. The molecule has 6 nitrogen and oxygen atoms in total. The number of nitriles is 1. The van der Waals surface area contributed by atoms with Crippen LogP contribution in [0, 0.1) is 22.7 Å². The maximum absolute atomic E-state index is 12.6. The number of thioether (sulfide) groups is 1. The summed E-state index contributed by atoms with van der Waals surface area (Å²) in [6.07, 6.45) is 4.06. The Labute approximate surface area is 206 Å². The molecule has 172 valence electrons. The number of anilines is 1. The summed E-state index contributed by atoms with van der Waals surface area (Å²) in [5.74, 6) is 0.872. The minimum absolute atomic E-state index is 0.112. The van der Waals surface area contributed by atoms with Crippen LogP contribution < -0.4 is 5.32 Å². The zero-order chi connectivity index (χ0) is 23.6. The number of aromatic nitrogens is 2. The van der Waals surface area contributed by atoms with Crippen LogP contribution in [0.1, 0.15) is 49.6 Å². The van der Waals surface area contributed by atoms with Crippen LogP contribution in [0.2, 0.25) is 5.02 Å². The first-order valence-corrected chi connectivity index (χ1v) is 13.1. The molecule has 33 heavy (non-hydrogen) atoms. The van der Waals surface area contributed by atoms with Crippen molar-refractivity contribution in [1.82, 2.24) is 10.2 Å². The molecule has 9 heteroatoms. The average Bonchev–Trinajstić information content (AvgIpc) is 3.41. The van der Waals surface area contributed by atoms with E-state index in [0.717, 1.165) is 48.6 Å². The molecule has 1 aliphatic carbocycles. The van der Waals surface area contributed by atoms with Gasteiger partial charge >= 0.3 is 0 Å². The maximum atomic E-state index is 12.6. The average molecular weight is 501 g/mol. The highest BCUT2D eigenvalue weighted by atomic mass is 35.5. The molecule has 0 fully saturated rings. The van der Waals surface area contributed by atoms with Gasteiger partial charge in [0.15, 0.2) is 0 Å². The van der Waals surface area contributed by atoms with E-state index >= 15 is 0 Å². The molecule has 0 aliphatic heterocycles. The smallest absolute Gasteiger partial charge is 0.277 e. The number of fused-ring (bicyclic) bond motifs is 1. The largest absolute Gasteiger partial charge is 0.411 e. The summed E-state index contributed by atoms with van der Waals surface area (Å²) in [4.78, 5) is 13.8. The number of nitrogens with zero attached hydrogens (tertiary/aromatic N) is 3. The number of benzene rings is 1. The van der Waals surface area contributed by atoms with Crippen molar-refractivity contribution >= 4 is 45.6 Å². The normalized spacial score (nSPS) is 15.7. The van der Waals surface area contributed by atoms with Gasteiger partial charge in [0.25, 0.3) is 5.22 Å². The van der Waals surface area contributed by atoms with Gasteiger partial charge in [0.1, 0.15) is 11.1 Å². The number of carbonyl (C=O) groups is 1. The van der Waals surface area contributed by atoms with Crippen LogP contribution in [0.15, 0.2) is 33.9 Å². The van der Waals surface area contributed by atoms with Gasteiger partial charge in [0.05, 0.1) is 11.3 Å². The van der Waals surface area contributed by atoms with Crippen molar-refractivity contribution in [1.29, 1.82) is 5.26 Å². The van der Waals surface area contributed by atoms with Gasteiger partial charge in [0, 0.05) is 15.5 Å². The van der Waals surface area contributed by atoms with Gasteiger partial charge in [0.2, 0.25) is 11.8 Å². The zero-order valence-corrected chi connectivity index (χ0v) is 21.2. The Bertz CT molecular complexity index is 1190. The number of hydrogen-bond acceptors (Lipinski definition) is 7. The summed E-state index contributed by atoms with van der Waals surface area (Å²) in [6.45, 7) is 6.87. The number of rotatable bonds is 7. The first-order valence-electron chi connectivity index (χ1n) is 10.9. The molecule has 0 bridgehead atoms. The van der Waals surface area contributed by atoms with Crippen molar-refractivity contribution in [3.05, 3.63) is 45.3 Å². The topological polar surface area (TPSA) is 91.8 Å². The van der Waals surface area contributed by atoms with Crippen molar-refractivity contribution in [2.75, 3.05) is 11.1 Å². The fraction of sp³-hybridized carbons (Fsp3) is 0.417. The van der Waals surface area contributed by atoms with Crippen LogP contribution in [-0.2, 0) is 17.6 Å². The molecule has 0 spiro atoms. The first-order chi connectivity index (χ1) is 15.8. The van der Waals surface area contributed by atoms with E-state index in [1.54, 1.807) is 35.6 Å². The number of amides is 1. The van der Waals surface area contributed by atoms with Crippen molar-refractivity contribution in [3.8, 4) is 17.5 Å². The van der Waals surface area contributed by atoms with E-state index in [-0.39, 0.29) is 17.1 Å². The van der Waals surface area contributed by atoms with Crippen LogP contribution in [0.3, 0.4) is 0 Å². The van der Waals surface area contributed by atoms with E-state index in [2.05, 4.69) is 42.4 Å². The number of halogens is 1. The van der Waals surface area contributed by atoms with Gasteiger partial charge in [-0.3, -0.25) is 4.79 Å². The third-order valence-electron chi connectivity index (χ3n) is 6.47. The predicted octanol–water partition coefficient (Wildman–Crippen LogP) is 6.60. The van der Waals surface area contributed by atoms with Crippen LogP contribution in [-0.4, -0.2) is 21.9 Å². The summed E-state index contributed by atoms with van der Waals surface area (Å²) in [7, 11) is 0. The molecule has 1 aliphatic rings. The Morgan fingerprint density at radius 2 is 2.12 bits per heavy atom. The van der Waals surface area contributed by atoms with E-state index in [4.69, 9.17) is 16.0 Å². The Hall–Kier alpha value is -2.34. The van der Waals surface area contributed by atoms with Gasteiger partial charge in [-0.2, -0.15) is 5.26 Å². The highest BCUT2D eigenvalue weighted by Gasteiger charge is 2.34. The SMILES string of the molecule is CCC(C)(C)[C@H]1CCc2c(sc(NC(=O)CSc3nnc(-c4ccc(Cl)cc4)o3)c2C#N)C1. The molecule has 1 amide bonds. The molecular formula is C24H25ClN4O2S2.